The molecule has 0 amide bonds. The topological polar surface area (TPSA) is 48.0 Å². The van der Waals surface area contributed by atoms with Gasteiger partial charge in [-0.3, -0.25) is 9.63 Å². The Morgan fingerprint density at radius 3 is 2.76 bits per heavy atom. The molecule has 3 aliphatic carbocycles. The molecule has 2 aliphatic heterocycles. The third-order valence-electron chi connectivity index (χ3n) is 9.44. The molecule has 7 atom stereocenters. The molecule has 0 aromatic heterocycles. The zero-order valence-electron chi connectivity index (χ0n) is 17.6. The summed E-state index contributed by atoms with van der Waals surface area (Å²) in [7, 11) is 0. The predicted molar refractivity (Wildman–Crippen MR) is 106 cm³/mol. The van der Waals surface area contributed by atoms with Crippen LogP contribution in [0.25, 0.3) is 0 Å². The van der Waals surface area contributed by atoms with Gasteiger partial charge in [0.1, 0.15) is 12.0 Å². The number of carbonyl (C=O) groups excluding carboxylic acids is 1. The number of hydrogen-bond donors (Lipinski definition) is 0. The fourth-order valence-electron chi connectivity index (χ4n) is 7.39. The molecule has 0 unspecified atom stereocenters. The maximum atomic E-state index is 13.5. The summed E-state index contributed by atoms with van der Waals surface area (Å²) in [5.41, 5.74) is 0.701. The number of rotatable bonds is 3. The average Bonchev–Trinajstić information content (AvgIpc) is 3.43. The normalized spacial score (nSPS) is 46.5. The monoisotopic (exact) mass is 397 g/mol. The summed E-state index contributed by atoms with van der Waals surface area (Å²) < 4.78 is 12.6. The van der Waals surface area contributed by atoms with Gasteiger partial charge in [0, 0.05) is 5.41 Å². The second-order valence-electron chi connectivity index (χ2n) is 10.6. The highest BCUT2D eigenvalue weighted by molar-refractivity contribution is 5.79. The van der Waals surface area contributed by atoms with Crippen molar-refractivity contribution in [1.29, 1.82) is 0 Å². The Hall–Kier alpha value is -1.43. The van der Waals surface area contributed by atoms with Crippen molar-refractivity contribution in [3.63, 3.8) is 0 Å². The van der Waals surface area contributed by atoms with E-state index in [0.29, 0.717) is 12.5 Å². The van der Waals surface area contributed by atoms with Crippen molar-refractivity contribution >= 4 is 5.97 Å². The molecular formula is C24H31NO4. The Morgan fingerprint density at radius 1 is 1.17 bits per heavy atom. The van der Waals surface area contributed by atoms with Gasteiger partial charge in [0.05, 0.1) is 18.2 Å². The maximum absolute atomic E-state index is 13.5. The molecule has 1 aromatic carbocycles. The molecule has 6 rings (SSSR count). The first kappa shape index (κ1) is 18.3. The Labute approximate surface area is 172 Å². The molecule has 5 heteroatoms. The first-order chi connectivity index (χ1) is 13.9. The summed E-state index contributed by atoms with van der Waals surface area (Å²) in [5, 5.41) is 2.11. The van der Waals surface area contributed by atoms with Gasteiger partial charge in [-0.05, 0) is 49.0 Å². The van der Waals surface area contributed by atoms with Crippen LogP contribution >= 0.6 is 0 Å². The summed E-state index contributed by atoms with van der Waals surface area (Å²) in [6, 6.07) is 10.2. The molecule has 2 heterocycles. The van der Waals surface area contributed by atoms with E-state index in [2.05, 4.69) is 25.8 Å². The van der Waals surface area contributed by atoms with Crippen molar-refractivity contribution in [1.82, 2.24) is 5.06 Å². The molecule has 5 aliphatic rings. The van der Waals surface area contributed by atoms with E-state index < -0.39 is 5.41 Å². The van der Waals surface area contributed by atoms with Crippen LogP contribution in [0.3, 0.4) is 0 Å². The first-order valence-corrected chi connectivity index (χ1v) is 11.2. The van der Waals surface area contributed by atoms with Gasteiger partial charge < -0.3 is 9.47 Å². The first-order valence-electron chi connectivity index (χ1n) is 11.2. The lowest BCUT2D eigenvalue weighted by Gasteiger charge is -2.39. The van der Waals surface area contributed by atoms with Crippen molar-refractivity contribution in [3.8, 4) is 0 Å². The summed E-state index contributed by atoms with van der Waals surface area (Å²) in [5.74, 6) is 0.409. The SMILES string of the molecule is CC1(C)[C@@H]2CC[C@@]1(C)[C@@H]1O[C@@H]3N(O[C@H]4CCC[C@]43C(=O)OCc3ccccc3)[C@H]21. The smallest absolute Gasteiger partial charge is 0.319 e. The molecule has 0 radical (unpaired) electrons. The lowest BCUT2D eigenvalue weighted by atomic mass is 9.70. The van der Waals surface area contributed by atoms with Crippen molar-refractivity contribution in [2.45, 2.75) is 84.0 Å². The molecule has 5 nitrogen and oxygen atoms in total. The number of nitrogens with zero attached hydrogens (tertiary/aromatic N) is 1. The quantitative estimate of drug-likeness (QED) is 0.720. The molecule has 29 heavy (non-hydrogen) atoms. The fraction of sp³-hybridized carbons (Fsp3) is 0.708. The van der Waals surface area contributed by atoms with E-state index in [1.54, 1.807) is 0 Å². The van der Waals surface area contributed by atoms with E-state index in [1.165, 1.54) is 12.8 Å². The third kappa shape index (κ3) is 2.09. The van der Waals surface area contributed by atoms with Gasteiger partial charge in [-0.15, -0.1) is 0 Å². The second-order valence-corrected chi connectivity index (χ2v) is 10.6. The van der Waals surface area contributed by atoms with Crippen LogP contribution in [0.2, 0.25) is 0 Å². The molecule has 2 saturated heterocycles. The highest BCUT2D eigenvalue weighted by Crippen LogP contribution is 2.71. The van der Waals surface area contributed by atoms with Crippen LogP contribution in [0, 0.1) is 22.2 Å². The van der Waals surface area contributed by atoms with Crippen molar-refractivity contribution in [3.05, 3.63) is 35.9 Å². The van der Waals surface area contributed by atoms with Crippen LogP contribution in [0.15, 0.2) is 30.3 Å². The Bertz CT molecular complexity index is 841. The number of esters is 1. The van der Waals surface area contributed by atoms with Crippen LogP contribution in [0.5, 0.6) is 0 Å². The summed E-state index contributed by atoms with van der Waals surface area (Å²) in [4.78, 5) is 20.0. The molecular weight excluding hydrogens is 366 g/mol. The highest BCUT2D eigenvalue weighted by atomic mass is 16.8. The summed E-state index contributed by atoms with van der Waals surface area (Å²) in [6.07, 6.45) is 4.81. The number of hydrogen-bond acceptors (Lipinski definition) is 5. The molecule has 3 saturated carbocycles. The van der Waals surface area contributed by atoms with Gasteiger partial charge in [0.2, 0.25) is 0 Å². The van der Waals surface area contributed by atoms with Gasteiger partial charge in [0.15, 0.2) is 6.23 Å². The van der Waals surface area contributed by atoms with Gasteiger partial charge in [-0.25, -0.2) is 0 Å². The Kier molecular flexibility index (Phi) is 3.69. The third-order valence-corrected chi connectivity index (χ3v) is 9.44. The number of ether oxygens (including phenoxy) is 2. The predicted octanol–water partition coefficient (Wildman–Crippen LogP) is 4.07. The molecule has 1 aromatic rings. The van der Waals surface area contributed by atoms with Gasteiger partial charge in [-0.1, -0.05) is 51.1 Å². The minimum Gasteiger partial charge on any atom is -0.460 e. The average molecular weight is 398 g/mol. The van der Waals surface area contributed by atoms with E-state index in [4.69, 9.17) is 14.3 Å². The summed E-state index contributed by atoms with van der Waals surface area (Å²) in [6.45, 7) is 7.47. The summed E-state index contributed by atoms with van der Waals surface area (Å²) >= 11 is 0. The van der Waals surface area contributed by atoms with Gasteiger partial charge in [0.25, 0.3) is 0 Å². The Morgan fingerprint density at radius 2 is 1.97 bits per heavy atom. The number of carbonyl (C=O) groups is 1. The highest BCUT2D eigenvalue weighted by Gasteiger charge is 2.77. The minimum atomic E-state index is -0.681. The minimum absolute atomic E-state index is 0.119. The van der Waals surface area contributed by atoms with Crippen molar-refractivity contribution in [2.24, 2.45) is 22.2 Å². The molecule has 0 spiro atoms. The maximum Gasteiger partial charge on any atom is 0.319 e. The fourth-order valence-corrected chi connectivity index (χ4v) is 7.39. The van der Waals surface area contributed by atoms with Gasteiger partial charge >= 0.3 is 5.97 Å². The lowest BCUT2D eigenvalue weighted by molar-refractivity contribution is -0.198. The second kappa shape index (κ2) is 5.83. The van der Waals surface area contributed by atoms with E-state index in [1.807, 2.05) is 30.3 Å². The van der Waals surface area contributed by atoms with E-state index in [9.17, 15) is 4.79 Å². The zero-order valence-corrected chi connectivity index (χ0v) is 17.6. The Balaban J connectivity index is 1.29. The molecule has 5 fully saturated rings. The van der Waals surface area contributed by atoms with Crippen LogP contribution < -0.4 is 0 Å². The number of benzene rings is 1. The van der Waals surface area contributed by atoms with E-state index in [-0.39, 0.29) is 41.3 Å². The standard InChI is InChI=1S/C24H31NO4/c1-22(2)16-11-13-23(22,3)19-18(16)25-20(28-19)24(12-7-10-17(24)29-25)21(26)27-14-15-8-5-4-6-9-15/h4-6,8-9,16-20H,7,10-14H2,1-3H3/t16-,17+,18-,19-,20+,23+,24+/m1/s1. The molecule has 2 bridgehead atoms. The van der Waals surface area contributed by atoms with Crippen LogP contribution in [0.4, 0.5) is 0 Å². The van der Waals surface area contributed by atoms with Crippen molar-refractivity contribution in [2.75, 3.05) is 0 Å². The zero-order chi connectivity index (χ0) is 20.0. The number of hydroxylamine groups is 2. The van der Waals surface area contributed by atoms with Crippen LogP contribution in [0.1, 0.15) is 58.4 Å². The van der Waals surface area contributed by atoms with Crippen LogP contribution in [-0.4, -0.2) is 35.5 Å². The lowest BCUT2D eigenvalue weighted by Crippen LogP contribution is -2.48. The number of fused-ring (bicyclic) bond motifs is 9. The molecule has 0 N–H and O–H groups in total. The van der Waals surface area contributed by atoms with Crippen LogP contribution in [-0.2, 0) is 25.7 Å². The van der Waals surface area contributed by atoms with E-state index >= 15 is 0 Å². The van der Waals surface area contributed by atoms with E-state index in [0.717, 1.165) is 24.8 Å². The molecule has 156 valence electrons. The largest absolute Gasteiger partial charge is 0.460 e. The van der Waals surface area contributed by atoms with Crippen molar-refractivity contribution < 1.29 is 19.1 Å². The van der Waals surface area contributed by atoms with Gasteiger partial charge in [-0.2, -0.15) is 5.06 Å².